The molecular weight excluding hydrogens is 440 g/mol. The number of nitrogens with one attached hydrogen (secondary N) is 1. The van der Waals surface area contributed by atoms with Gasteiger partial charge < -0.3 is 20.9 Å². The summed E-state index contributed by atoms with van der Waals surface area (Å²) in [5.74, 6) is -2.96. The number of hydrogen-bond donors (Lipinski definition) is 3. The number of carbonyl (C=O) groups excluding carboxylic acids is 3. The standard InChI is InChI=1S/C20H20N4O9/c1-2-17(18(21)26)33-20(28)16(7-11-3-5-15(25)6-4-11)22-19(27)12-8-13(23(29)30)10-14(9-12)24(31)32/h3-6,8-10,16-17,25H,2,7H2,1H3,(H2,21,26)(H,22,27). The van der Waals surface area contributed by atoms with Gasteiger partial charge in [-0.1, -0.05) is 19.1 Å². The summed E-state index contributed by atoms with van der Waals surface area (Å²) in [7, 11) is 0. The zero-order chi connectivity index (χ0) is 24.7. The molecular formula is C20H20N4O9. The number of nitro groups is 2. The van der Waals surface area contributed by atoms with Gasteiger partial charge in [0.1, 0.15) is 11.8 Å². The van der Waals surface area contributed by atoms with Crippen molar-refractivity contribution in [3.8, 4) is 5.75 Å². The van der Waals surface area contributed by atoms with Gasteiger partial charge in [0.05, 0.1) is 21.5 Å². The highest BCUT2D eigenvalue weighted by Gasteiger charge is 2.29. The number of carbonyl (C=O) groups is 3. The van der Waals surface area contributed by atoms with E-state index in [9.17, 15) is 39.7 Å². The van der Waals surface area contributed by atoms with Gasteiger partial charge in [-0.15, -0.1) is 0 Å². The maximum absolute atomic E-state index is 12.7. The second-order valence-electron chi connectivity index (χ2n) is 6.89. The summed E-state index contributed by atoms with van der Waals surface area (Å²) in [4.78, 5) is 57.2. The Bertz CT molecular complexity index is 1050. The number of hydrogen-bond acceptors (Lipinski definition) is 9. The van der Waals surface area contributed by atoms with Gasteiger partial charge in [-0.25, -0.2) is 4.79 Å². The molecule has 0 aliphatic rings. The lowest BCUT2D eigenvalue weighted by atomic mass is 10.0. The number of benzene rings is 2. The summed E-state index contributed by atoms with van der Waals surface area (Å²) in [5, 5.41) is 33.9. The molecule has 0 radical (unpaired) electrons. The Morgan fingerprint density at radius 1 is 1.06 bits per heavy atom. The van der Waals surface area contributed by atoms with Crippen molar-refractivity contribution in [2.75, 3.05) is 0 Å². The summed E-state index contributed by atoms with van der Waals surface area (Å²) in [6, 6.07) is 6.61. The summed E-state index contributed by atoms with van der Waals surface area (Å²) < 4.78 is 5.09. The number of rotatable bonds is 10. The second-order valence-corrected chi connectivity index (χ2v) is 6.89. The van der Waals surface area contributed by atoms with Crippen molar-refractivity contribution in [3.05, 3.63) is 73.8 Å². The molecule has 2 rings (SSSR count). The van der Waals surface area contributed by atoms with Crippen LogP contribution < -0.4 is 11.1 Å². The van der Waals surface area contributed by atoms with Gasteiger partial charge in [-0.05, 0) is 24.1 Å². The topological polar surface area (TPSA) is 205 Å². The highest BCUT2D eigenvalue weighted by molar-refractivity contribution is 5.98. The molecule has 2 aromatic rings. The quantitative estimate of drug-likeness (QED) is 0.265. The first-order chi connectivity index (χ1) is 15.5. The number of non-ortho nitro benzene ring substituents is 2. The number of nitrogens with zero attached hydrogens (tertiary/aromatic N) is 2. The minimum atomic E-state index is -1.38. The number of phenolic OH excluding ortho intramolecular Hbond substituents is 1. The molecule has 0 aromatic heterocycles. The van der Waals surface area contributed by atoms with Gasteiger partial charge in [0.25, 0.3) is 23.2 Å². The van der Waals surface area contributed by atoms with E-state index in [1.54, 1.807) is 6.92 Å². The fourth-order valence-corrected chi connectivity index (χ4v) is 2.80. The fourth-order valence-electron chi connectivity index (χ4n) is 2.80. The van der Waals surface area contributed by atoms with Crippen LogP contribution in [-0.2, 0) is 20.7 Å². The van der Waals surface area contributed by atoms with E-state index in [1.807, 2.05) is 0 Å². The van der Waals surface area contributed by atoms with Crippen LogP contribution in [0.4, 0.5) is 11.4 Å². The van der Waals surface area contributed by atoms with Crippen LogP contribution in [0.3, 0.4) is 0 Å². The van der Waals surface area contributed by atoms with Crippen molar-refractivity contribution in [2.45, 2.75) is 31.9 Å². The number of ether oxygens (including phenoxy) is 1. The Morgan fingerprint density at radius 3 is 2.06 bits per heavy atom. The Morgan fingerprint density at radius 2 is 1.61 bits per heavy atom. The molecule has 2 amide bonds. The van der Waals surface area contributed by atoms with Gasteiger partial charge >= 0.3 is 5.97 Å². The van der Waals surface area contributed by atoms with Crippen molar-refractivity contribution in [2.24, 2.45) is 5.73 Å². The Labute approximate surface area is 186 Å². The SMILES string of the molecule is CCC(OC(=O)C(Cc1ccc(O)cc1)NC(=O)c1cc([N+](=O)[O-])cc([N+](=O)[O-])c1)C(N)=O. The molecule has 2 atom stereocenters. The molecule has 4 N–H and O–H groups in total. The van der Waals surface area contributed by atoms with Crippen LogP contribution in [0, 0.1) is 20.2 Å². The Kier molecular flexibility index (Phi) is 7.98. The third-order valence-corrected chi connectivity index (χ3v) is 4.50. The van der Waals surface area contributed by atoms with E-state index in [2.05, 4.69) is 5.32 Å². The predicted molar refractivity (Wildman–Crippen MR) is 112 cm³/mol. The molecule has 33 heavy (non-hydrogen) atoms. The smallest absolute Gasteiger partial charge is 0.329 e. The van der Waals surface area contributed by atoms with E-state index in [-0.39, 0.29) is 18.6 Å². The number of primary amides is 1. The van der Waals surface area contributed by atoms with Crippen LogP contribution in [0.2, 0.25) is 0 Å². The molecule has 0 spiro atoms. The molecule has 174 valence electrons. The number of nitrogens with two attached hydrogens (primary N) is 1. The first-order valence-corrected chi connectivity index (χ1v) is 9.54. The number of phenols is 1. The molecule has 13 nitrogen and oxygen atoms in total. The summed E-state index contributed by atoms with van der Waals surface area (Å²) in [6.07, 6.45) is -1.31. The first-order valence-electron chi connectivity index (χ1n) is 9.54. The molecule has 0 aliphatic carbocycles. The second kappa shape index (κ2) is 10.7. The number of amides is 2. The van der Waals surface area contributed by atoms with Gasteiger partial charge in [-0.2, -0.15) is 0 Å². The fraction of sp³-hybridized carbons (Fsp3) is 0.250. The molecule has 0 saturated carbocycles. The highest BCUT2D eigenvalue weighted by atomic mass is 16.6. The maximum atomic E-state index is 12.7. The largest absolute Gasteiger partial charge is 0.508 e. The van der Waals surface area contributed by atoms with E-state index in [1.165, 1.54) is 24.3 Å². The lowest BCUT2D eigenvalue weighted by molar-refractivity contribution is -0.394. The van der Waals surface area contributed by atoms with E-state index < -0.39 is 56.7 Å². The minimum absolute atomic E-state index is 0.0365. The monoisotopic (exact) mass is 460 g/mol. The van der Waals surface area contributed by atoms with Crippen molar-refractivity contribution < 1.29 is 34.1 Å². The molecule has 13 heteroatoms. The van der Waals surface area contributed by atoms with E-state index in [0.717, 1.165) is 12.1 Å². The Hall–Kier alpha value is -4.55. The molecule has 0 saturated heterocycles. The van der Waals surface area contributed by atoms with E-state index in [0.29, 0.717) is 11.6 Å². The Balaban J connectivity index is 2.36. The van der Waals surface area contributed by atoms with Gasteiger partial charge in [0.15, 0.2) is 6.10 Å². The van der Waals surface area contributed by atoms with Crippen LogP contribution in [-0.4, -0.2) is 44.9 Å². The lowest BCUT2D eigenvalue weighted by Crippen LogP contribution is -2.46. The lowest BCUT2D eigenvalue weighted by Gasteiger charge is -2.20. The van der Waals surface area contributed by atoms with Crippen LogP contribution in [0.1, 0.15) is 29.3 Å². The molecule has 0 fully saturated rings. The van der Waals surface area contributed by atoms with Crippen LogP contribution in [0.25, 0.3) is 0 Å². The van der Waals surface area contributed by atoms with Gasteiger partial charge in [0, 0.05) is 18.6 Å². The van der Waals surface area contributed by atoms with Crippen molar-refractivity contribution in [3.63, 3.8) is 0 Å². The molecule has 2 aromatic carbocycles. The third-order valence-electron chi connectivity index (χ3n) is 4.50. The molecule has 2 unspecified atom stereocenters. The number of nitro benzene ring substituents is 2. The van der Waals surface area contributed by atoms with E-state index in [4.69, 9.17) is 10.5 Å². The normalized spacial score (nSPS) is 12.3. The molecule has 0 aliphatic heterocycles. The van der Waals surface area contributed by atoms with Crippen molar-refractivity contribution >= 4 is 29.2 Å². The zero-order valence-electron chi connectivity index (χ0n) is 17.3. The average molecular weight is 460 g/mol. The average Bonchev–Trinajstić information content (AvgIpc) is 2.77. The molecule has 0 heterocycles. The van der Waals surface area contributed by atoms with E-state index >= 15 is 0 Å². The zero-order valence-corrected chi connectivity index (χ0v) is 17.3. The third kappa shape index (κ3) is 6.72. The molecule has 0 bridgehead atoms. The van der Waals surface area contributed by atoms with Crippen LogP contribution >= 0.6 is 0 Å². The van der Waals surface area contributed by atoms with Crippen LogP contribution in [0.5, 0.6) is 5.75 Å². The van der Waals surface area contributed by atoms with Gasteiger partial charge in [-0.3, -0.25) is 29.8 Å². The number of aromatic hydroxyl groups is 1. The summed E-state index contributed by atoms with van der Waals surface area (Å²) in [6.45, 7) is 1.55. The predicted octanol–water partition coefficient (Wildman–Crippen LogP) is 1.36. The van der Waals surface area contributed by atoms with Crippen molar-refractivity contribution in [1.82, 2.24) is 5.32 Å². The van der Waals surface area contributed by atoms with Crippen LogP contribution in [0.15, 0.2) is 42.5 Å². The minimum Gasteiger partial charge on any atom is -0.508 e. The maximum Gasteiger partial charge on any atom is 0.329 e. The number of esters is 1. The summed E-state index contributed by atoms with van der Waals surface area (Å²) >= 11 is 0. The van der Waals surface area contributed by atoms with Crippen molar-refractivity contribution in [1.29, 1.82) is 0 Å². The highest BCUT2D eigenvalue weighted by Crippen LogP contribution is 2.23. The van der Waals surface area contributed by atoms with Gasteiger partial charge in [0.2, 0.25) is 0 Å². The first kappa shape index (κ1) is 24.7. The summed E-state index contributed by atoms with van der Waals surface area (Å²) in [5.41, 5.74) is 3.88.